The number of rotatable bonds is 0. The van der Waals surface area contributed by atoms with Crippen molar-refractivity contribution in [3.63, 3.8) is 0 Å². The predicted octanol–water partition coefficient (Wildman–Crippen LogP) is -3.33. The van der Waals surface area contributed by atoms with Gasteiger partial charge in [-0.05, 0) is 6.16 Å². The fourth-order valence-electron chi connectivity index (χ4n) is 0. The van der Waals surface area contributed by atoms with Crippen molar-refractivity contribution in [1.82, 2.24) is 0 Å². The summed E-state index contributed by atoms with van der Waals surface area (Å²) in [4.78, 5) is 8.33. The van der Waals surface area contributed by atoms with E-state index < -0.39 is 6.16 Å². The van der Waals surface area contributed by atoms with E-state index in [0.29, 0.717) is 0 Å². The van der Waals surface area contributed by atoms with Crippen molar-refractivity contribution in [2.45, 2.75) is 0 Å². The second-order valence-corrected chi connectivity index (χ2v) is 0.250. The first-order valence-corrected chi connectivity index (χ1v) is 1.80. The summed E-state index contributed by atoms with van der Waals surface area (Å²) < 4.78 is 8.38. The van der Waals surface area contributed by atoms with Gasteiger partial charge >= 0.3 is 75.1 Å². The van der Waals surface area contributed by atoms with Crippen molar-refractivity contribution in [1.29, 1.82) is 0 Å². The van der Waals surface area contributed by atoms with Crippen molar-refractivity contribution in [2.75, 3.05) is 0 Å². The number of hydrogen-bond acceptors (Lipinski definition) is 4. The van der Waals surface area contributed by atoms with E-state index in [1.165, 1.54) is 0 Å². The molecule has 0 heterocycles. The van der Waals surface area contributed by atoms with Crippen molar-refractivity contribution in [3.8, 4) is 0 Å². The van der Waals surface area contributed by atoms with Gasteiger partial charge in [0, 0.05) is 0 Å². The van der Waals surface area contributed by atoms with Crippen LogP contribution in [-0.2, 0) is 1.43 Å². The molecule has 0 amide bonds. The summed E-state index contributed by atoms with van der Waals surface area (Å²) in [5.41, 5.74) is 0. The van der Waals surface area contributed by atoms with E-state index in [9.17, 15) is 0 Å². The van der Waals surface area contributed by atoms with Gasteiger partial charge in [-0.25, -0.2) is 0 Å². The second-order valence-electron chi connectivity index (χ2n) is 0.250. The van der Waals surface area contributed by atoms with Crippen LogP contribution in [0.1, 0.15) is 0 Å². The topological polar surface area (TPSA) is 80.3 Å². The van der Waals surface area contributed by atoms with Crippen LogP contribution in [0.4, 0.5) is 4.79 Å². The van der Waals surface area contributed by atoms with Gasteiger partial charge in [0.15, 0.2) is 0 Å². The zero-order valence-corrected chi connectivity index (χ0v) is 7.96. The van der Waals surface area contributed by atoms with E-state index >= 15 is 0 Å². The minimum atomic E-state index is -2.33. The van der Waals surface area contributed by atoms with Gasteiger partial charge in [-0.2, -0.15) is 0 Å². The van der Waals surface area contributed by atoms with Crippen molar-refractivity contribution >= 4 is 79.8 Å². The molecule has 0 bridgehead atoms. The first-order chi connectivity index (χ1) is 2.73. The molecule has 0 aliphatic carbocycles. The Labute approximate surface area is 94.3 Å². The minimum absolute atomic E-state index is 0. The van der Waals surface area contributed by atoms with Gasteiger partial charge in [0.2, 0.25) is 0 Å². The normalized spacial score (nSPS) is 4.29. The molecule has 0 rings (SSSR count). The van der Waals surface area contributed by atoms with Crippen molar-refractivity contribution in [2.24, 2.45) is 0 Å². The van der Waals surface area contributed by atoms with Crippen LogP contribution in [-0.4, -0.2) is 79.8 Å². The Hall–Kier alpha value is 1.59. The van der Waals surface area contributed by atoms with Gasteiger partial charge in [0.05, 0.1) is 0 Å². The second kappa shape index (κ2) is 15.6. The molecule has 7 heavy (non-hydrogen) atoms. The molecule has 0 atom stereocenters. The Morgan fingerprint density at radius 2 is 1.29 bits per heavy atom. The molecule has 0 radical (unpaired) electrons. The van der Waals surface area contributed by atoms with Gasteiger partial charge in [-0.3, -0.25) is 0 Å². The molecule has 0 aromatic carbocycles. The van der Waals surface area contributed by atoms with E-state index in [0.717, 1.165) is 0 Å². The molecular weight excluding hydrogens is 156 g/mol. The maximum absolute atomic E-state index is 8.38. The molecule has 0 N–H and O–H groups in total. The molecule has 0 fully saturated rings. The van der Waals surface area contributed by atoms with Gasteiger partial charge in [-0.15, -0.1) is 0 Å². The monoisotopic (exact) mass is 156 g/mol. The zero-order chi connectivity index (χ0) is 5.58. The van der Waals surface area contributed by atoms with Gasteiger partial charge in [-0.1, -0.05) is 0 Å². The molecule has 0 unspecified atom stereocenters. The Morgan fingerprint density at radius 3 is 1.29 bits per heavy atom. The standard InChI is InChI=1S/CH2O3.2Ca.O/c2-1(3)4;;;/h(H2,2,3,4);;;/q;;+2;/p-2. The summed E-state index contributed by atoms with van der Waals surface area (Å²) in [6.45, 7) is 0. The fraction of sp³-hybridized carbons (Fsp3) is 0. The zero-order valence-electron chi connectivity index (χ0n) is 3.55. The first kappa shape index (κ1) is 15.8. The van der Waals surface area contributed by atoms with Gasteiger partial charge < -0.3 is 15.0 Å². The van der Waals surface area contributed by atoms with Gasteiger partial charge in [0.1, 0.15) is 0 Å². The molecule has 0 aliphatic heterocycles. The third-order valence-corrected chi connectivity index (χ3v) is 0. The van der Waals surface area contributed by atoms with E-state index in [1.54, 1.807) is 0 Å². The average molecular weight is 156 g/mol. The summed E-state index contributed by atoms with van der Waals surface area (Å²) in [5, 5.41) is 16.7. The summed E-state index contributed by atoms with van der Waals surface area (Å²) in [6, 6.07) is 0. The van der Waals surface area contributed by atoms with Crippen molar-refractivity contribution in [3.05, 3.63) is 0 Å². The summed E-state index contributed by atoms with van der Waals surface area (Å²) in [7, 11) is 0. The van der Waals surface area contributed by atoms with Crippen LogP contribution in [0.3, 0.4) is 0 Å². The Morgan fingerprint density at radius 1 is 1.29 bits per heavy atom. The Bertz CT molecular complexity index is 41.0. The molecule has 6 heteroatoms. The molecule has 4 nitrogen and oxygen atoms in total. The number of carboxylic acid groups (broad SMARTS) is 2. The maximum atomic E-state index is 8.38. The predicted molar refractivity (Wildman–Crippen MR) is 17.6 cm³/mol. The molecule has 32 valence electrons. The number of hydrogen-bond donors (Lipinski definition) is 0. The van der Waals surface area contributed by atoms with Crippen LogP contribution in [0, 0.1) is 0 Å². The van der Waals surface area contributed by atoms with Crippen LogP contribution >= 0.6 is 0 Å². The van der Waals surface area contributed by atoms with E-state index in [4.69, 9.17) is 16.4 Å². The van der Waals surface area contributed by atoms with E-state index in [1.807, 2.05) is 0 Å². The van der Waals surface area contributed by atoms with Crippen LogP contribution in [0.5, 0.6) is 0 Å². The molecular formula is CCa2O4. The third-order valence-electron chi connectivity index (χ3n) is 0. The van der Waals surface area contributed by atoms with Crippen molar-refractivity contribution < 1.29 is 16.4 Å². The van der Waals surface area contributed by atoms with Crippen LogP contribution in [0.15, 0.2) is 0 Å². The van der Waals surface area contributed by atoms with Crippen LogP contribution in [0.25, 0.3) is 0 Å². The number of carbonyl (C=O) groups is 1. The number of carbonyl (C=O) groups excluding carboxylic acids is 1. The Balaban J connectivity index is -0.0000000480. The first-order valence-electron chi connectivity index (χ1n) is 0.901. The van der Waals surface area contributed by atoms with Crippen LogP contribution in [0.2, 0.25) is 0 Å². The quantitative estimate of drug-likeness (QED) is 0.344. The van der Waals surface area contributed by atoms with E-state index in [2.05, 4.69) is 0 Å². The van der Waals surface area contributed by atoms with Gasteiger partial charge in [0.25, 0.3) is 0 Å². The molecule has 0 aromatic heterocycles. The average Bonchev–Trinajstić information content (AvgIpc) is 1.41. The molecule has 0 spiro atoms. The summed E-state index contributed by atoms with van der Waals surface area (Å²) in [5.74, 6) is 0. The Kier molecular flexibility index (Phi) is 35.4. The fourth-order valence-corrected chi connectivity index (χ4v) is 0. The summed E-state index contributed by atoms with van der Waals surface area (Å²) in [6.07, 6.45) is -2.33. The molecule has 0 saturated carbocycles. The van der Waals surface area contributed by atoms with E-state index in [-0.39, 0.29) is 73.6 Å². The molecule has 0 saturated heterocycles. The SMILES string of the molecule is O=C([O-])[O-].[Ca+2].[O]=[Ca]. The van der Waals surface area contributed by atoms with Crippen LogP contribution < -0.4 is 10.2 Å². The summed E-state index contributed by atoms with van der Waals surface area (Å²) >= 11 is 0.125. The third kappa shape index (κ3) is 93.9. The molecule has 0 aliphatic rings. The molecule has 0 aromatic rings.